The monoisotopic (exact) mass is 299 g/mol. The Morgan fingerprint density at radius 2 is 1.81 bits per heavy atom. The van der Waals surface area contributed by atoms with E-state index in [1.54, 1.807) is 14.0 Å². The van der Waals surface area contributed by atoms with E-state index in [0.717, 1.165) is 12.8 Å². The van der Waals surface area contributed by atoms with E-state index >= 15 is 0 Å². The standard InChI is InChI=1S/C16H29NO4/c1-6-21-14(19)12(15(2,3)4)13(18)17(5)11-16(20)9-7-8-10-16/h12,20H,6-11H2,1-5H3. The molecule has 1 rings (SSSR count). The number of amides is 1. The summed E-state index contributed by atoms with van der Waals surface area (Å²) in [5, 5.41) is 10.4. The molecule has 1 atom stereocenters. The molecule has 0 heterocycles. The van der Waals surface area contributed by atoms with Gasteiger partial charge in [-0.2, -0.15) is 0 Å². The summed E-state index contributed by atoms with van der Waals surface area (Å²) in [6.07, 6.45) is 3.40. The molecule has 1 aliphatic rings. The summed E-state index contributed by atoms with van der Waals surface area (Å²) in [5.41, 5.74) is -1.32. The minimum atomic E-state index is -0.840. The molecular weight excluding hydrogens is 270 g/mol. The van der Waals surface area contributed by atoms with E-state index < -0.39 is 22.9 Å². The van der Waals surface area contributed by atoms with Crippen LogP contribution in [0.5, 0.6) is 0 Å². The highest BCUT2D eigenvalue weighted by Gasteiger charge is 2.42. The molecule has 0 bridgehead atoms. The Bertz CT molecular complexity index is 380. The van der Waals surface area contributed by atoms with Gasteiger partial charge in [0, 0.05) is 13.6 Å². The van der Waals surface area contributed by atoms with Crippen LogP contribution in [0, 0.1) is 11.3 Å². The van der Waals surface area contributed by atoms with Crippen molar-refractivity contribution in [2.75, 3.05) is 20.2 Å². The van der Waals surface area contributed by atoms with Gasteiger partial charge in [0.05, 0.1) is 12.2 Å². The molecule has 1 N–H and O–H groups in total. The van der Waals surface area contributed by atoms with Crippen molar-refractivity contribution in [2.45, 2.75) is 59.0 Å². The quantitative estimate of drug-likeness (QED) is 0.622. The van der Waals surface area contributed by atoms with Gasteiger partial charge in [-0.1, -0.05) is 33.6 Å². The summed E-state index contributed by atoms with van der Waals surface area (Å²) in [5.74, 6) is -1.60. The lowest BCUT2D eigenvalue weighted by Gasteiger charge is -2.34. The van der Waals surface area contributed by atoms with Gasteiger partial charge in [-0.25, -0.2) is 0 Å². The zero-order valence-electron chi connectivity index (χ0n) is 13.9. The highest BCUT2D eigenvalue weighted by molar-refractivity contribution is 5.98. The minimum absolute atomic E-state index is 0.256. The van der Waals surface area contributed by atoms with Gasteiger partial charge in [0.1, 0.15) is 5.92 Å². The Hall–Kier alpha value is -1.10. The van der Waals surface area contributed by atoms with Crippen LogP contribution in [0.1, 0.15) is 53.4 Å². The summed E-state index contributed by atoms with van der Waals surface area (Å²) in [7, 11) is 1.65. The number of ether oxygens (including phenoxy) is 1. The molecule has 0 aromatic rings. The average molecular weight is 299 g/mol. The highest BCUT2D eigenvalue weighted by atomic mass is 16.5. The van der Waals surface area contributed by atoms with E-state index in [1.165, 1.54) is 4.90 Å². The molecule has 1 fully saturated rings. The van der Waals surface area contributed by atoms with Crippen LogP contribution in [0.3, 0.4) is 0 Å². The maximum absolute atomic E-state index is 12.7. The van der Waals surface area contributed by atoms with E-state index in [2.05, 4.69) is 0 Å². The third-order valence-electron chi connectivity index (χ3n) is 4.08. The molecule has 1 unspecified atom stereocenters. The Morgan fingerprint density at radius 3 is 2.24 bits per heavy atom. The Kier molecular flexibility index (Phi) is 5.79. The first kappa shape index (κ1) is 18.0. The zero-order chi connectivity index (χ0) is 16.3. The van der Waals surface area contributed by atoms with Crippen LogP contribution >= 0.6 is 0 Å². The smallest absolute Gasteiger partial charge is 0.319 e. The third-order valence-corrected chi connectivity index (χ3v) is 4.08. The van der Waals surface area contributed by atoms with Crippen LogP contribution in [0.25, 0.3) is 0 Å². The second kappa shape index (κ2) is 6.77. The predicted molar refractivity (Wildman–Crippen MR) is 80.6 cm³/mol. The van der Waals surface area contributed by atoms with Crippen LogP contribution in [-0.2, 0) is 14.3 Å². The number of hydrogen-bond donors (Lipinski definition) is 1. The lowest BCUT2D eigenvalue weighted by molar-refractivity contribution is -0.161. The zero-order valence-corrected chi connectivity index (χ0v) is 13.9. The van der Waals surface area contributed by atoms with E-state index in [9.17, 15) is 14.7 Å². The predicted octanol–water partition coefficient (Wildman–Crippen LogP) is 1.98. The number of aliphatic hydroxyl groups is 1. The van der Waals surface area contributed by atoms with Crippen LogP contribution in [0.4, 0.5) is 0 Å². The van der Waals surface area contributed by atoms with Gasteiger partial charge < -0.3 is 14.7 Å². The van der Waals surface area contributed by atoms with Crippen molar-refractivity contribution in [3.05, 3.63) is 0 Å². The molecule has 1 aliphatic carbocycles. The lowest BCUT2D eigenvalue weighted by Crippen LogP contribution is -2.49. The number of carbonyl (C=O) groups excluding carboxylic acids is 2. The van der Waals surface area contributed by atoms with Crippen molar-refractivity contribution in [3.8, 4) is 0 Å². The molecule has 122 valence electrons. The van der Waals surface area contributed by atoms with Crippen LogP contribution < -0.4 is 0 Å². The van der Waals surface area contributed by atoms with Crippen LogP contribution in [0.15, 0.2) is 0 Å². The second-order valence-corrected chi connectivity index (χ2v) is 7.18. The van der Waals surface area contributed by atoms with Gasteiger partial charge in [-0.15, -0.1) is 0 Å². The number of carbonyl (C=O) groups is 2. The van der Waals surface area contributed by atoms with Crippen molar-refractivity contribution in [1.82, 2.24) is 4.90 Å². The fraction of sp³-hybridized carbons (Fsp3) is 0.875. The summed E-state index contributed by atoms with van der Waals surface area (Å²) >= 11 is 0. The number of rotatable bonds is 5. The first-order valence-corrected chi connectivity index (χ1v) is 7.75. The van der Waals surface area contributed by atoms with E-state index in [4.69, 9.17) is 4.74 Å². The summed E-state index contributed by atoms with van der Waals surface area (Å²) in [6.45, 7) is 7.82. The van der Waals surface area contributed by atoms with Crippen LogP contribution in [0.2, 0.25) is 0 Å². The SMILES string of the molecule is CCOC(=O)C(C(=O)N(C)CC1(O)CCCC1)C(C)(C)C. The molecule has 0 spiro atoms. The number of esters is 1. The largest absolute Gasteiger partial charge is 0.465 e. The third kappa shape index (κ3) is 4.70. The molecule has 0 saturated heterocycles. The molecule has 0 aromatic heterocycles. The lowest BCUT2D eigenvalue weighted by atomic mass is 9.79. The van der Waals surface area contributed by atoms with Gasteiger partial charge in [-0.3, -0.25) is 9.59 Å². The first-order chi connectivity index (χ1) is 9.60. The topological polar surface area (TPSA) is 66.8 Å². The van der Waals surface area contributed by atoms with E-state index in [1.807, 2.05) is 20.8 Å². The van der Waals surface area contributed by atoms with Crippen molar-refractivity contribution in [2.24, 2.45) is 11.3 Å². The number of likely N-dealkylation sites (N-methyl/N-ethyl adjacent to an activating group) is 1. The van der Waals surface area contributed by atoms with Gasteiger partial charge in [0.25, 0.3) is 0 Å². The molecule has 0 radical (unpaired) electrons. The average Bonchev–Trinajstić information content (AvgIpc) is 2.74. The summed E-state index contributed by atoms with van der Waals surface area (Å²) in [4.78, 5) is 26.3. The van der Waals surface area contributed by atoms with Gasteiger partial charge in [0.2, 0.25) is 5.91 Å². The Balaban J connectivity index is 2.82. The minimum Gasteiger partial charge on any atom is -0.465 e. The molecule has 1 saturated carbocycles. The molecule has 0 aliphatic heterocycles. The highest BCUT2D eigenvalue weighted by Crippen LogP contribution is 2.32. The van der Waals surface area contributed by atoms with Crippen LogP contribution in [-0.4, -0.2) is 47.7 Å². The molecule has 0 aromatic carbocycles. The fourth-order valence-corrected chi connectivity index (χ4v) is 2.98. The van der Waals surface area contributed by atoms with Crippen molar-refractivity contribution >= 4 is 11.9 Å². The van der Waals surface area contributed by atoms with Gasteiger partial charge in [0.15, 0.2) is 0 Å². The van der Waals surface area contributed by atoms with Gasteiger partial charge in [-0.05, 0) is 25.2 Å². The Morgan fingerprint density at radius 1 is 1.29 bits per heavy atom. The summed E-state index contributed by atoms with van der Waals surface area (Å²) in [6, 6.07) is 0. The molecule has 1 amide bonds. The maximum Gasteiger partial charge on any atom is 0.319 e. The molecular formula is C16H29NO4. The molecule has 5 nitrogen and oxygen atoms in total. The first-order valence-electron chi connectivity index (χ1n) is 7.75. The molecule has 5 heteroatoms. The Labute approximate surface area is 127 Å². The summed E-state index contributed by atoms with van der Waals surface area (Å²) < 4.78 is 5.05. The van der Waals surface area contributed by atoms with Crippen molar-refractivity contribution in [1.29, 1.82) is 0 Å². The van der Waals surface area contributed by atoms with Crippen molar-refractivity contribution in [3.63, 3.8) is 0 Å². The second-order valence-electron chi connectivity index (χ2n) is 7.18. The normalized spacial score (nSPS) is 19.1. The van der Waals surface area contributed by atoms with E-state index in [0.29, 0.717) is 12.8 Å². The molecule has 21 heavy (non-hydrogen) atoms. The fourth-order valence-electron chi connectivity index (χ4n) is 2.98. The maximum atomic E-state index is 12.7. The van der Waals surface area contributed by atoms with E-state index in [-0.39, 0.29) is 19.1 Å². The van der Waals surface area contributed by atoms with Crippen molar-refractivity contribution < 1.29 is 19.4 Å². The number of nitrogens with zero attached hydrogens (tertiary/aromatic N) is 1. The van der Waals surface area contributed by atoms with Gasteiger partial charge >= 0.3 is 5.97 Å². The number of hydrogen-bond acceptors (Lipinski definition) is 4.